The molecule has 4 bridgehead atoms. The Morgan fingerprint density at radius 3 is 2.11 bits per heavy atom. The quantitative estimate of drug-likeness (QED) is 0.761. The zero-order valence-corrected chi connectivity index (χ0v) is 16.3. The van der Waals surface area contributed by atoms with E-state index in [4.69, 9.17) is 0 Å². The molecule has 0 saturated heterocycles. The van der Waals surface area contributed by atoms with Crippen LogP contribution in [0.3, 0.4) is 0 Å². The van der Waals surface area contributed by atoms with E-state index >= 15 is 0 Å². The molecule has 4 saturated carbocycles. The molecule has 0 aliphatic heterocycles. The summed E-state index contributed by atoms with van der Waals surface area (Å²) in [4.78, 5) is 26.6. The monoisotopic (exact) mass is 366 g/mol. The number of benzene rings is 1. The first-order valence-electron chi connectivity index (χ1n) is 10.8. The van der Waals surface area contributed by atoms with Gasteiger partial charge in [-0.25, -0.2) is 4.79 Å². The van der Waals surface area contributed by atoms with Crippen molar-refractivity contribution in [3.8, 4) is 0 Å². The normalized spacial score (nSPS) is 31.7. The van der Waals surface area contributed by atoms with Crippen LogP contribution in [0.5, 0.6) is 0 Å². The molecule has 6 rings (SSSR count). The molecule has 27 heavy (non-hydrogen) atoms. The summed E-state index contributed by atoms with van der Waals surface area (Å²) in [7, 11) is 0. The minimum Gasteiger partial charge on any atom is -0.297 e. The van der Waals surface area contributed by atoms with Crippen molar-refractivity contribution in [2.24, 2.45) is 23.2 Å². The van der Waals surface area contributed by atoms with Crippen LogP contribution in [0.1, 0.15) is 58.3 Å². The standard InChI is InChI=1S/C23H30N2O2/c1-2-3-8-24-19-6-4-5-7-20(19)25(22(24)27)15-21(26)23-12-16-9-17(13-23)11-18(10-16)14-23/h4-7,16-18H,2-3,8-15H2,1H3. The summed E-state index contributed by atoms with van der Waals surface area (Å²) in [5.74, 6) is 2.58. The first kappa shape index (κ1) is 17.3. The Bertz CT molecular complexity index is 900. The van der Waals surface area contributed by atoms with Crippen molar-refractivity contribution < 1.29 is 4.79 Å². The van der Waals surface area contributed by atoms with Gasteiger partial charge in [0.1, 0.15) is 0 Å². The van der Waals surface area contributed by atoms with Gasteiger partial charge in [0.05, 0.1) is 17.6 Å². The van der Waals surface area contributed by atoms with Crippen LogP contribution in [0.25, 0.3) is 11.0 Å². The number of hydrogen-bond donors (Lipinski definition) is 0. The molecule has 1 aromatic heterocycles. The van der Waals surface area contributed by atoms with Crippen molar-refractivity contribution in [1.29, 1.82) is 0 Å². The third-order valence-corrected chi connectivity index (χ3v) is 7.59. The smallest absolute Gasteiger partial charge is 0.297 e. The first-order chi connectivity index (χ1) is 13.1. The van der Waals surface area contributed by atoms with Crippen LogP contribution in [0.15, 0.2) is 29.1 Å². The molecule has 0 amide bonds. The van der Waals surface area contributed by atoms with Gasteiger partial charge in [-0.05, 0) is 74.8 Å². The summed E-state index contributed by atoms with van der Waals surface area (Å²) in [6, 6.07) is 7.96. The molecule has 0 unspecified atom stereocenters. The van der Waals surface area contributed by atoms with Gasteiger partial charge < -0.3 is 0 Å². The Morgan fingerprint density at radius 1 is 1.00 bits per heavy atom. The predicted octanol–water partition coefficient (Wildman–Crippen LogP) is 4.39. The number of carbonyl (C=O) groups is 1. The van der Waals surface area contributed by atoms with E-state index in [9.17, 15) is 9.59 Å². The van der Waals surface area contributed by atoms with Crippen molar-refractivity contribution in [3.63, 3.8) is 0 Å². The van der Waals surface area contributed by atoms with E-state index in [1.807, 2.05) is 28.8 Å². The molecule has 4 nitrogen and oxygen atoms in total. The molecule has 4 aliphatic carbocycles. The number of rotatable bonds is 6. The van der Waals surface area contributed by atoms with Crippen molar-refractivity contribution >= 4 is 16.8 Å². The molecule has 1 aromatic carbocycles. The van der Waals surface area contributed by atoms with Crippen LogP contribution in [-0.2, 0) is 17.9 Å². The maximum absolute atomic E-state index is 13.5. The number of carbonyl (C=O) groups excluding carboxylic acids is 1. The number of para-hydroxylation sites is 2. The van der Waals surface area contributed by atoms with Gasteiger partial charge >= 0.3 is 5.69 Å². The summed E-state index contributed by atoms with van der Waals surface area (Å²) in [5.41, 5.74) is 1.73. The Hall–Kier alpha value is -1.84. The average Bonchev–Trinajstić information content (AvgIpc) is 2.90. The summed E-state index contributed by atoms with van der Waals surface area (Å²) in [6.07, 6.45) is 9.26. The lowest BCUT2D eigenvalue weighted by molar-refractivity contribution is -0.144. The number of unbranched alkanes of at least 4 members (excludes halogenated alkanes) is 1. The van der Waals surface area contributed by atoms with Crippen LogP contribution in [0.2, 0.25) is 0 Å². The number of ketones is 1. The number of aryl methyl sites for hydroxylation is 1. The van der Waals surface area contributed by atoms with Crippen molar-refractivity contribution in [2.45, 2.75) is 71.4 Å². The van der Waals surface area contributed by atoms with Crippen LogP contribution >= 0.6 is 0 Å². The molecule has 0 radical (unpaired) electrons. The summed E-state index contributed by atoms with van der Waals surface area (Å²) >= 11 is 0. The van der Waals surface area contributed by atoms with E-state index in [-0.39, 0.29) is 17.6 Å². The number of Topliss-reactive ketones (excluding diaryl/α,β-unsaturated/α-hetero) is 1. The zero-order valence-electron chi connectivity index (χ0n) is 16.3. The Morgan fingerprint density at radius 2 is 1.56 bits per heavy atom. The molecule has 2 aromatic rings. The van der Waals surface area contributed by atoms with Gasteiger partial charge in [0.15, 0.2) is 5.78 Å². The van der Waals surface area contributed by atoms with E-state index in [1.54, 1.807) is 4.57 Å². The van der Waals surface area contributed by atoms with Gasteiger partial charge in [-0.3, -0.25) is 13.9 Å². The first-order valence-corrected chi connectivity index (χ1v) is 10.8. The highest BCUT2D eigenvalue weighted by Gasteiger charge is 2.54. The van der Waals surface area contributed by atoms with Crippen LogP contribution in [0, 0.1) is 23.2 Å². The van der Waals surface area contributed by atoms with Crippen molar-refractivity contribution in [1.82, 2.24) is 9.13 Å². The molecule has 0 spiro atoms. The fraction of sp³-hybridized carbons (Fsp3) is 0.652. The molecule has 1 heterocycles. The van der Waals surface area contributed by atoms with E-state index in [0.717, 1.165) is 67.4 Å². The second-order valence-electron chi connectivity index (χ2n) is 9.48. The van der Waals surface area contributed by atoms with E-state index in [2.05, 4.69) is 6.92 Å². The largest absolute Gasteiger partial charge is 0.329 e. The fourth-order valence-electron chi connectivity index (χ4n) is 6.72. The third kappa shape index (κ3) is 2.71. The number of fused-ring (bicyclic) bond motifs is 1. The summed E-state index contributed by atoms with van der Waals surface area (Å²) in [5, 5.41) is 0. The lowest BCUT2D eigenvalue weighted by atomic mass is 9.48. The molecule has 0 atom stereocenters. The Labute approximate surface area is 160 Å². The molecule has 4 aliphatic rings. The lowest BCUT2D eigenvalue weighted by Crippen LogP contribution is -2.51. The molecule has 4 fully saturated rings. The SMILES string of the molecule is CCCCn1c(=O)n(CC(=O)C23CC4CC(CC(C4)C2)C3)c2ccccc21. The second-order valence-corrected chi connectivity index (χ2v) is 9.48. The molecule has 144 valence electrons. The highest BCUT2D eigenvalue weighted by atomic mass is 16.2. The highest BCUT2D eigenvalue weighted by Crippen LogP contribution is 2.60. The summed E-state index contributed by atoms with van der Waals surface area (Å²) in [6.45, 7) is 3.12. The topological polar surface area (TPSA) is 44.0 Å². The zero-order chi connectivity index (χ0) is 18.6. The van der Waals surface area contributed by atoms with Gasteiger partial charge in [0.25, 0.3) is 0 Å². The Balaban J connectivity index is 1.49. The number of imidazole rings is 1. The third-order valence-electron chi connectivity index (χ3n) is 7.59. The fourth-order valence-corrected chi connectivity index (χ4v) is 6.72. The Kier molecular flexibility index (Phi) is 4.06. The van der Waals surface area contributed by atoms with Gasteiger partial charge in [-0.2, -0.15) is 0 Å². The van der Waals surface area contributed by atoms with Crippen LogP contribution in [-0.4, -0.2) is 14.9 Å². The van der Waals surface area contributed by atoms with Gasteiger partial charge in [0, 0.05) is 12.0 Å². The molecule has 0 N–H and O–H groups in total. The predicted molar refractivity (Wildman–Crippen MR) is 107 cm³/mol. The minimum absolute atomic E-state index is 0.0114. The van der Waals surface area contributed by atoms with Crippen LogP contribution in [0.4, 0.5) is 0 Å². The molecular formula is C23H30N2O2. The maximum Gasteiger partial charge on any atom is 0.329 e. The number of nitrogens with zero attached hydrogens (tertiary/aromatic N) is 2. The molecule has 4 heteroatoms. The van der Waals surface area contributed by atoms with E-state index < -0.39 is 0 Å². The number of aromatic nitrogens is 2. The van der Waals surface area contributed by atoms with Gasteiger partial charge in [-0.1, -0.05) is 25.5 Å². The van der Waals surface area contributed by atoms with Crippen molar-refractivity contribution in [2.75, 3.05) is 0 Å². The minimum atomic E-state index is -0.138. The molecular weight excluding hydrogens is 336 g/mol. The van der Waals surface area contributed by atoms with E-state index in [0.29, 0.717) is 5.78 Å². The van der Waals surface area contributed by atoms with Crippen molar-refractivity contribution in [3.05, 3.63) is 34.7 Å². The lowest BCUT2D eigenvalue weighted by Gasteiger charge is -2.56. The van der Waals surface area contributed by atoms with E-state index in [1.165, 1.54) is 19.3 Å². The van der Waals surface area contributed by atoms with Crippen LogP contribution < -0.4 is 5.69 Å². The van der Waals surface area contributed by atoms with Gasteiger partial charge in [0.2, 0.25) is 0 Å². The highest BCUT2D eigenvalue weighted by molar-refractivity contribution is 5.87. The van der Waals surface area contributed by atoms with Gasteiger partial charge in [-0.15, -0.1) is 0 Å². The number of hydrogen-bond acceptors (Lipinski definition) is 2. The second kappa shape index (κ2) is 6.35. The average molecular weight is 367 g/mol. The maximum atomic E-state index is 13.5. The summed E-state index contributed by atoms with van der Waals surface area (Å²) < 4.78 is 3.62.